The van der Waals surface area contributed by atoms with Crippen LogP contribution >= 0.6 is 11.8 Å². The molecule has 2 aromatic carbocycles. The largest absolute Gasteiger partial charge is 0.465 e. The molecular formula is C25H26N4O3S. The first-order chi connectivity index (χ1) is 16.0. The highest BCUT2D eigenvalue weighted by atomic mass is 32.2. The minimum atomic E-state index is -0.448. The zero-order valence-electron chi connectivity index (χ0n) is 18.7. The summed E-state index contributed by atoms with van der Waals surface area (Å²) in [6.45, 7) is 4.08. The van der Waals surface area contributed by atoms with Crippen LogP contribution in [0.25, 0.3) is 0 Å². The van der Waals surface area contributed by atoms with Crippen LogP contribution in [0.4, 0.5) is 11.5 Å². The number of rotatable bonds is 7. The Bertz CT molecular complexity index is 1160. The summed E-state index contributed by atoms with van der Waals surface area (Å²) in [5, 5.41) is 3.58. The lowest BCUT2D eigenvalue weighted by Crippen LogP contribution is -2.19. The molecule has 170 valence electrons. The van der Waals surface area contributed by atoms with E-state index in [9.17, 15) is 9.59 Å². The van der Waals surface area contributed by atoms with Gasteiger partial charge >= 0.3 is 5.97 Å². The first kappa shape index (κ1) is 22.8. The number of carbonyl (C=O) groups excluding carboxylic acids is 2. The Morgan fingerprint density at radius 2 is 1.79 bits per heavy atom. The molecule has 8 heteroatoms. The summed E-state index contributed by atoms with van der Waals surface area (Å²) in [5.41, 5.74) is 3.41. The van der Waals surface area contributed by atoms with Gasteiger partial charge in [-0.05, 0) is 55.7 Å². The van der Waals surface area contributed by atoms with Crippen molar-refractivity contribution in [3.05, 3.63) is 77.0 Å². The Morgan fingerprint density at radius 3 is 2.58 bits per heavy atom. The van der Waals surface area contributed by atoms with Gasteiger partial charge in [-0.25, -0.2) is 14.8 Å². The van der Waals surface area contributed by atoms with Crippen LogP contribution in [-0.2, 0) is 10.5 Å². The summed E-state index contributed by atoms with van der Waals surface area (Å²) < 4.78 is 4.74. The Balaban J connectivity index is 1.42. The van der Waals surface area contributed by atoms with Gasteiger partial charge in [-0.3, -0.25) is 4.79 Å². The molecule has 1 aliphatic heterocycles. The van der Waals surface area contributed by atoms with Gasteiger partial charge in [-0.1, -0.05) is 30.0 Å². The van der Waals surface area contributed by atoms with Crippen LogP contribution in [0.5, 0.6) is 0 Å². The maximum Gasteiger partial charge on any atom is 0.337 e. The number of nitrogens with one attached hydrogen (secondary N) is 1. The molecule has 0 unspecified atom stereocenters. The molecule has 2 heterocycles. The first-order valence-corrected chi connectivity index (χ1v) is 11.8. The van der Waals surface area contributed by atoms with Crippen molar-refractivity contribution in [1.82, 2.24) is 9.97 Å². The van der Waals surface area contributed by atoms with Gasteiger partial charge in [0.25, 0.3) is 5.91 Å². The number of thioether (sulfide) groups is 1. The second-order valence-corrected chi connectivity index (χ2v) is 8.80. The molecule has 4 rings (SSSR count). The molecule has 0 atom stereocenters. The van der Waals surface area contributed by atoms with Crippen LogP contribution in [0.1, 0.15) is 44.8 Å². The average Bonchev–Trinajstić information content (AvgIpc) is 3.37. The molecule has 0 radical (unpaired) electrons. The molecule has 1 fully saturated rings. The average molecular weight is 463 g/mol. The maximum atomic E-state index is 12.8. The van der Waals surface area contributed by atoms with Gasteiger partial charge in [0.2, 0.25) is 0 Å². The predicted molar refractivity (Wildman–Crippen MR) is 130 cm³/mol. The number of methoxy groups -OCH3 is 1. The number of hydrogen-bond acceptors (Lipinski definition) is 7. The predicted octanol–water partition coefficient (Wildman–Crippen LogP) is 4.72. The molecule has 1 saturated heterocycles. The van der Waals surface area contributed by atoms with E-state index in [1.807, 2.05) is 31.2 Å². The number of aromatic nitrogens is 2. The lowest BCUT2D eigenvalue weighted by Gasteiger charge is -2.17. The van der Waals surface area contributed by atoms with Crippen molar-refractivity contribution in [2.75, 3.05) is 30.4 Å². The van der Waals surface area contributed by atoms with Crippen molar-refractivity contribution in [3.63, 3.8) is 0 Å². The van der Waals surface area contributed by atoms with Gasteiger partial charge in [0.15, 0.2) is 5.16 Å². The van der Waals surface area contributed by atoms with E-state index < -0.39 is 5.97 Å². The number of aryl methyl sites for hydroxylation is 1. The van der Waals surface area contributed by atoms with Gasteiger partial charge in [-0.2, -0.15) is 0 Å². The molecule has 33 heavy (non-hydrogen) atoms. The normalized spacial score (nSPS) is 13.1. The third kappa shape index (κ3) is 5.90. The molecule has 0 aliphatic carbocycles. The standard InChI is InChI=1S/C25H26N4O3S/c1-17-13-22(29-11-3-4-12-29)28-25(26-17)33-16-18-7-5-8-19(14-18)23(30)27-21-10-6-9-20(15-21)24(31)32-2/h5-10,13-15H,3-4,11-12,16H2,1-2H3,(H,27,30). The summed E-state index contributed by atoms with van der Waals surface area (Å²) in [7, 11) is 1.33. The van der Waals surface area contributed by atoms with E-state index in [1.54, 1.807) is 42.1 Å². The molecule has 1 amide bonds. The van der Waals surface area contributed by atoms with Crippen LogP contribution in [0.2, 0.25) is 0 Å². The van der Waals surface area contributed by atoms with Gasteiger partial charge in [0.1, 0.15) is 5.82 Å². The molecule has 0 bridgehead atoms. The van der Waals surface area contributed by atoms with E-state index in [-0.39, 0.29) is 5.91 Å². The monoisotopic (exact) mass is 462 g/mol. The maximum absolute atomic E-state index is 12.8. The fourth-order valence-corrected chi connectivity index (χ4v) is 4.54. The zero-order valence-corrected chi connectivity index (χ0v) is 19.5. The minimum absolute atomic E-state index is 0.244. The second kappa shape index (κ2) is 10.5. The van der Waals surface area contributed by atoms with Crippen molar-refractivity contribution in [1.29, 1.82) is 0 Å². The van der Waals surface area contributed by atoms with Crippen molar-refractivity contribution in [2.24, 2.45) is 0 Å². The fraction of sp³-hybridized carbons (Fsp3) is 0.280. The summed E-state index contributed by atoms with van der Waals surface area (Å²) in [6.07, 6.45) is 2.40. The molecule has 7 nitrogen and oxygen atoms in total. The molecule has 1 N–H and O–H groups in total. The summed E-state index contributed by atoms with van der Waals surface area (Å²) in [4.78, 5) is 36.1. The molecule has 0 saturated carbocycles. The number of hydrogen-bond donors (Lipinski definition) is 1. The highest BCUT2D eigenvalue weighted by Gasteiger charge is 2.15. The smallest absolute Gasteiger partial charge is 0.337 e. The number of ether oxygens (including phenoxy) is 1. The van der Waals surface area contributed by atoms with Gasteiger partial charge in [0.05, 0.1) is 12.7 Å². The highest BCUT2D eigenvalue weighted by Crippen LogP contribution is 2.25. The van der Waals surface area contributed by atoms with E-state index in [4.69, 9.17) is 9.72 Å². The second-order valence-electron chi connectivity index (χ2n) is 7.86. The van der Waals surface area contributed by atoms with Crippen molar-refractivity contribution < 1.29 is 14.3 Å². The van der Waals surface area contributed by atoms with Crippen LogP contribution < -0.4 is 10.2 Å². The van der Waals surface area contributed by atoms with E-state index in [1.165, 1.54) is 20.0 Å². The lowest BCUT2D eigenvalue weighted by molar-refractivity contribution is 0.0600. The van der Waals surface area contributed by atoms with E-state index in [0.717, 1.165) is 35.3 Å². The van der Waals surface area contributed by atoms with Crippen LogP contribution in [-0.4, -0.2) is 42.0 Å². The van der Waals surface area contributed by atoms with Gasteiger partial charge in [-0.15, -0.1) is 0 Å². The quantitative estimate of drug-likeness (QED) is 0.309. The summed E-state index contributed by atoms with van der Waals surface area (Å²) >= 11 is 1.56. The van der Waals surface area contributed by atoms with Crippen molar-refractivity contribution >= 4 is 35.1 Å². The molecular weight excluding hydrogens is 436 g/mol. The Labute approximate surface area is 197 Å². The fourth-order valence-electron chi connectivity index (χ4n) is 3.69. The summed E-state index contributed by atoms with van der Waals surface area (Å²) in [5.74, 6) is 0.954. The number of anilines is 2. The zero-order chi connectivity index (χ0) is 23.2. The number of nitrogens with zero attached hydrogens (tertiary/aromatic N) is 3. The first-order valence-electron chi connectivity index (χ1n) is 10.8. The Morgan fingerprint density at radius 1 is 1.03 bits per heavy atom. The van der Waals surface area contributed by atoms with E-state index in [0.29, 0.717) is 22.6 Å². The van der Waals surface area contributed by atoms with E-state index >= 15 is 0 Å². The van der Waals surface area contributed by atoms with Crippen molar-refractivity contribution in [2.45, 2.75) is 30.7 Å². The van der Waals surface area contributed by atoms with Crippen LogP contribution in [0, 0.1) is 6.92 Å². The third-order valence-electron chi connectivity index (χ3n) is 5.35. The summed E-state index contributed by atoms with van der Waals surface area (Å²) in [6, 6.07) is 16.2. The number of carbonyl (C=O) groups is 2. The number of benzene rings is 2. The Hall–Kier alpha value is -3.39. The lowest BCUT2D eigenvalue weighted by atomic mass is 10.1. The van der Waals surface area contributed by atoms with E-state index in [2.05, 4.69) is 15.2 Å². The SMILES string of the molecule is COC(=O)c1cccc(NC(=O)c2cccc(CSc3nc(C)cc(N4CCCC4)n3)c2)c1. The number of esters is 1. The van der Waals surface area contributed by atoms with Crippen molar-refractivity contribution in [3.8, 4) is 0 Å². The van der Waals surface area contributed by atoms with Crippen LogP contribution in [0.15, 0.2) is 59.8 Å². The Kier molecular flexibility index (Phi) is 7.24. The molecule has 0 spiro atoms. The number of amides is 1. The van der Waals surface area contributed by atoms with Gasteiger partial charge < -0.3 is 15.0 Å². The van der Waals surface area contributed by atoms with Crippen LogP contribution in [0.3, 0.4) is 0 Å². The minimum Gasteiger partial charge on any atom is -0.465 e. The van der Waals surface area contributed by atoms with Gasteiger partial charge in [0, 0.05) is 41.9 Å². The molecule has 1 aromatic heterocycles. The molecule has 1 aliphatic rings. The highest BCUT2D eigenvalue weighted by molar-refractivity contribution is 7.98. The topological polar surface area (TPSA) is 84.4 Å². The molecule has 3 aromatic rings. The third-order valence-corrected chi connectivity index (χ3v) is 6.27.